The molecule has 2 saturated heterocycles. The zero-order valence-electron chi connectivity index (χ0n) is 19.6. The van der Waals surface area contributed by atoms with Gasteiger partial charge in [0, 0.05) is 64.0 Å². The summed E-state index contributed by atoms with van der Waals surface area (Å²) in [6.45, 7) is 15.8. The van der Waals surface area contributed by atoms with Gasteiger partial charge in [-0.05, 0) is 52.8 Å². The van der Waals surface area contributed by atoms with E-state index in [1.165, 1.54) is 0 Å². The van der Waals surface area contributed by atoms with E-state index in [9.17, 15) is 9.59 Å². The molecule has 1 aromatic rings. The number of nitrogen functional groups attached to an aromatic ring is 1. The topological polar surface area (TPSA) is 82.3 Å². The molecule has 0 unspecified atom stereocenters. The van der Waals surface area contributed by atoms with Crippen LogP contribution in [0.4, 0.5) is 16.2 Å². The van der Waals surface area contributed by atoms with Crippen LogP contribution in [0.3, 0.4) is 0 Å². The van der Waals surface area contributed by atoms with Gasteiger partial charge in [-0.15, -0.1) is 0 Å². The summed E-state index contributed by atoms with van der Waals surface area (Å²) in [4.78, 5) is 33.4. The summed E-state index contributed by atoms with van der Waals surface area (Å²) in [6, 6.07) is 6.16. The van der Waals surface area contributed by atoms with Crippen LogP contribution < -0.4 is 10.6 Å². The summed E-state index contributed by atoms with van der Waals surface area (Å²) in [5.74, 6) is -0.0493. The summed E-state index contributed by atoms with van der Waals surface area (Å²) < 4.78 is 5.42. The highest BCUT2D eigenvalue weighted by Gasteiger charge is 2.28. The number of nitrogens with two attached hydrogens (primary N) is 1. The Bertz CT molecular complexity index is 789. The molecule has 0 radical (unpaired) electrons. The van der Waals surface area contributed by atoms with Crippen molar-refractivity contribution in [3.8, 4) is 0 Å². The molecule has 1 aromatic carbocycles. The standard InChI is InChI=1S/C23H37N5O3/c1-17(2)25-8-10-26(11-9-25)20-7-6-18(16-19(20)24)21(29)27-12-14-28(15-13-27)22(30)31-23(3,4)5/h6-7,16-17H,8-15,24H2,1-5H3. The molecular weight excluding hydrogens is 394 g/mol. The Balaban J connectivity index is 1.57. The maximum Gasteiger partial charge on any atom is 0.410 e. The predicted octanol–water partition coefficient (Wildman–Crippen LogP) is 2.49. The maximum atomic E-state index is 13.0. The van der Waals surface area contributed by atoms with Crippen molar-refractivity contribution in [2.45, 2.75) is 46.3 Å². The van der Waals surface area contributed by atoms with E-state index in [1.807, 2.05) is 32.9 Å². The van der Waals surface area contributed by atoms with Gasteiger partial charge in [-0.3, -0.25) is 9.69 Å². The molecule has 2 aliphatic heterocycles. The first kappa shape index (κ1) is 23.2. The third-order valence-corrected chi connectivity index (χ3v) is 5.88. The highest BCUT2D eigenvalue weighted by Crippen LogP contribution is 2.26. The Morgan fingerprint density at radius 2 is 1.52 bits per heavy atom. The van der Waals surface area contributed by atoms with Crippen LogP contribution >= 0.6 is 0 Å². The third-order valence-electron chi connectivity index (χ3n) is 5.88. The number of ether oxygens (including phenoxy) is 1. The van der Waals surface area contributed by atoms with Crippen LogP contribution in [-0.4, -0.2) is 90.7 Å². The van der Waals surface area contributed by atoms with Gasteiger partial charge in [-0.1, -0.05) is 0 Å². The van der Waals surface area contributed by atoms with Gasteiger partial charge in [0.1, 0.15) is 5.60 Å². The first-order valence-corrected chi connectivity index (χ1v) is 11.2. The molecule has 0 saturated carbocycles. The van der Waals surface area contributed by atoms with E-state index < -0.39 is 5.60 Å². The zero-order valence-corrected chi connectivity index (χ0v) is 19.6. The minimum Gasteiger partial charge on any atom is -0.444 e. The van der Waals surface area contributed by atoms with Crippen LogP contribution in [0.2, 0.25) is 0 Å². The number of anilines is 2. The highest BCUT2D eigenvalue weighted by atomic mass is 16.6. The van der Waals surface area contributed by atoms with Gasteiger partial charge in [0.2, 0.25) is 0 Å². The lowest BCUT2D eigenvalue weighted by Gasteiger charge is -2.38. The fraction of sp³-hybridized carbons (Fsp3) is 0.652. The first-order valence-electron chi connectivity index (χ1n) is 11.2. The van der Waals surface area contributed by atoms with Crippen LogP contribution in [0.1, 0.15) is 45.0 Å². The number of amides is 2. The SMILES string of the molecule is CC(C)N1CCN(c2ccc(C(=O)N3CCN(C(=O)OC(C)(C)C)CC3)cc2N)CC1. The van der Waals surface area contributed by atoms with Crippen molar-refractivity contribution >= 4 is 23.4 Å². The fourth-order valence-corrected chi connectivity index (χ4v) is 4.06. The lowest BCUT2D eigenvalue weighted by atomic mass is 10.1. The monoisotopic (exact) mass is 431 g/mol. The van der Waals surface area contributed by atoms with Crippen molar-refractivity contribution in [2.24, 2.45) is 0 Å². The van der Waals surface area contributed by atoms with Gasteiger partial charge in [-0.25, -0.2) is 4.79 Å². The maximum absolute atomic E-state index is 13.0. The van der Waals surface area contributed by atoms with Gasteiger partial charge in [0.05, 0.1) is 11.4 Å². The van der Waals surface area contributed by atoms with E-state index >= 15 is 0 Å². The van der Waals surface area contributed by atoms with Gasteiger partial charge in [0.25, 0.3) is 5.91 Å². The highest BCUT2D eigenvalue weighted by molar-refractivity contribution is 5.96. The van der Waals surface area contributed by atoms with E-state index in [-0.39, 0.29) is 12.0 Å². The molecule has 3 rings (SSSR count). The Hall–Kier alpha value is -2.48. The molecule has 8 nitrogen and oxygen atoms in total. The number of hydrogen-bond acceptors (Lipinski definition) is 6. The molecule has 0 aromatic heterocycles. The first-order chi connectivity index (χ1) is 14.5. The predicted molar refractivity (Wildman–Crippen MR) is 123 cm³/mol. The summed E-state index contributed by atoms with van der Waals surface area (Å²) in [5, 5.41) is 0. The number of carbonyl (C=O) groups is 2. The fourth-order valence-electron chi connectivity index (χ4n) is 4.06. The van der Waals surface area contributed by atoms with Crippen LogP contribution in [0.25, 0.3) is 0 Å². The molecule has 0 spiro atoms. The van der Waals surface area contributed by atoms with Crippen LogP contribution in [0.5, 0.6) is 0 Å². The molecule has 2 fully saturated rings. The lowest BCUT2D eigenvalue weighted by Crippen LogP contribution is -2.51. The molecular formula is C23H37N5O3. The molecule has 8 heteroatoms. The van der Waals surface area contributed by atoms with Crippen LogP contribution in [0, 0.1) is 0 Å². The number of rotatable bonds is 3. The number of carbonyl (C=O) groups excluding carboxylic acids is 2. The smallest absolute Gasteiger partial charge is 0.410 e. The molecule has 2 heterocycles. The molecule has 2 aliphatic rings. The van der Waals surface area contributed by atoms with Crippen molar-refractivity contribution < 1.29 is 14.3 Å². The summed E-state index contributed by atoms with van der Waals surface area (Å²) in [7, 11) is 0. The Labute approximate surface area is 185 Å². The molecule has 172 valence electrons. The van der Waals surface area contributed by atoms with Crippen LogP contribution in [0.15, 0.2) is 18.2 Å². The molecule has 0 bridgehead atoms. The molecule has 0 aliphatic carbocycles. The van der Waals surface area contributed by atoms with Crippen molar-refractivity contribution in [3.63, 3.8) is 0 Å². The van der Waals surface area contributed by atoms with E-state index in [2.05, 4.69) is 23.6 Å². The van der Waals surface area contributed by atoms with Gasteiger partial charge in [-0.2, -0.15) is 0 Å². The lowest BCUT2D eigenvalue weighted by molar-refractivity contribution is 0.0141. The largest absolute Gasteiger partial charge is 0.444 e. The average Bonchev–Trinajstić information content (AvgIpc) is 2.72. The average molecular weight is 432 g/mol. The van der Waals surface area contributed by atoms with E-state index in [4.69, 9.17) is 10.5 Å². The van der Waals surface area contributed by atoms with Gasteiger partial charge in [0.15, 0.2) is 0 Å². The second-order valence-corrected chi connectivity index (χ2v) is 9.65. The van der Waals surface area contributed by atoms with E-state index in [0.717, 1.165) is 31.9 Å². The third kappa shape index (κ3) is 5.81. The van der Waals surface area contributed by atoms with Crippen molar-refractivity contribution in [3.05, 3.63) is 23.8 Å². The van der Waals surface area contributed by atoms with Crippen molar-refractivity contribution in [1.82, 2.24) is 14.7 Å². The summed E-state index contributed by atoms with van der Waals surface area (Å²) in [6.07, 6.45) is -0.328. The Kier molecular flexibility index (Phi) is 6.99. The number of nitrogens with zero attached hydrogens (tertiary/aromatic N) is 4. The summed E-state index contributed by atoms with van der Waals surface area (Å²) >= 11 is 0. The van der Waals surface area contributed by atoms with Crippen molar-refractivity contribution in [1.29, 1.82) is 0 Å². The summed E-state index contributed by atoms with van der Waals surface area (Å²) in [5.41, 5.74) is 8.04. The second-order valence-electron chi connectivity index (χ2n) is 9.65. The second kappa shape index (κ2) is 9.34. The molecule has 2 N–H and O–H groups in total. The molecule has 0 atom stereocenters. The Morgan fingerprint density at radius 3 is 2.03 bits per heavy atom. The number of hydrogen-bond donors (Lipinski definition) is 1. The van der Waals surface area contributed by atoms with Crippen LogP contribution in [-0.2, 0) is 4.74 Å². The molecule has 2 amide bonds. The van der Waals surface area contributed by atoms with E-state index in [1.54, 1.807) is 15.9 Å². The number of piperazine rings is 2. The van der Waals surface area contributed by atoms with Gasteiger partial charge < -0.3 is 25.2 Å². The minimum absolute atomic E-state index is 0.0493. The minimum atomic E-state index is -0.523. The van der Waals surface area contributed by atoms with Crippen molar-refractivity contribution in [2.75, 3.05) is 63.0 Å². The normalized spacial score (nSPS) is 18.5. The van der Waals surface area contributed by atoms with E-state index in [0.29, 0.717) is 43.5 Å². The zero-order chi connectivity index (χ0) is 22.8. The molecule has 31 heavy (non-hydrogen) atoms. The number of benzene rings is 1. The van der Waals surface area contributed by atoms with Gasteiger partial charge >= 0.3 is 6.09 Å². The quantitative estimate of drug-likeness (QED) is 0.741. The Morgan fingerprint density at radius 1 is 0.935 bits per heavy atom.